The second-order valence-corrected chi connectivity index (χ2v) is 14.6. The number of hydrogen-bond donors (Lipinski definition) is 5. The molecule has 2 atom stereocenters. The van der Waals surface area contributed by atoms with Crippen LogP contribution in [-0.4, -0.2) is 59.0 Å². The standard InChI is InChI=1S/C28H36ClN5O4.C16H14ClNO3/c1-18(5-12-24(16-35)30-3)25-19(2)33-34(4)26(25)27(36)31-15-20-8-13-23(14-9-20)32-28(37)38-17-21-6-10-22(29)11-7-21;17-14-5-1-13(2-6-14)11-21-16(20)18-15-7-3-12(4-8-15)9-10-19/h6-11,13-14,18,24,30,35H,5,12,15-17H2,1-4H3,(H,31,36)(H,32,37);1-8,10H,9,11H2,(H,18,20). The molecule has 2 unspecified atom stereocenters. The van der Waals surface area contributed by atoms with Crippen molar-refractivity contribution in [1.29, 1.82) is 0 Å². The lowest BCUT2D eigenvalue weighted by molar-refractivity contribution is -0.107. The maximum Gasteiger partial charge on any atom is 0.411 e. The van der Waals surface area contributed by atoms with Crippen molar-refractivity contribution in [3.05, 3.63) is 146 Å². The van der Waals surface area contributed by atoms with E-state index in [1.807, 2.05) is 26.1 Å². The fourth-order valence-corrected chi connectivity index (χ4v) is 6.27. The molecule has 15 heteroatoms. The van der Waals surface area contributed by atoms with Gasteiger partial charge in [-0.3, -0.25) is 20.1 Å². The van der Waals surface area contributed by atoms with E-state index >= 15 is 0 Å². The summed E-state index contributed by atoms with van der Waals surface area (Å²) in [5.74, 6) is -0.0908. The first-order chi connectivity index (χ1) is 28.4. The Balaban J connectivity index is 0.000000308. The number of aliphatic hydroxyl groups excluding tert-OH is 1. The number of carbonyl (C=O) groups excluding carboxylic acids is 4. The lowest BCUT2D eigenvalue weighted by Crippen LogP contribution is -2.29. The number of aryl methyl sites for hydroxylation is 2. The van der Waals surface area contributed by atoms with Crippen LogP contribution < -0.4 is 21.3 Å². The van der Waals surface area contributed by atoms with E-state index in [1.54, 1.807) is 96.7 Å². The molecular formula is C44H50Cl2N6O7. The number of rotatable bonds is 17. The molecule has 0 aliphatic heterocycles. The summed E-state index contributed by atoms with van der Waals surface area (Å²) in [5, 5.41) is 26.6. The number of benzene rings is 4. The van der Waals surface area contributed by atoms with Gasteiger partial charge >= 0.3 is 12.2 Å². The van der Waals surface area contributed by atoms with Crippen LogP contribution in [0.2, 0.25) is 10.0 Å². The van der Waals surface area contributed by atoms with Crippen LogP contribution in [-0.2, 0) is 47.5 Å². The number of ether oxygens (including phenoxy) is 2. The normalized spacial score (nSPS) is 11.6. The second kappa shape index (κ2) is 23.6. The number of aldehydes is 1. The predicted molar refractivity (Wildman–Crippen MR) is 230 cm³/mol. The molecule has 0 saturated carbocycles. The minimum Gasteiger partial charge on any atom is -0.444 e. The highest BCUT2D eigenvalue weighted by molar-refractivity contribution is 6.30. The van der Waals surface area contributed by atoms with E-state index in [9.17, 15) is 24.3 Å². The molecule has 59 heavy (non-hydrogen) atoms. The molecule has 1 heterocycles. The monoisotopic (exact) mass is 844 g/mol. The van der Waals surface area contributed by atoms with Gasteiger partial charge in [0.05, 0.1) is 12.3 Å². The van der Waals surface area contributed by atoms with E-state index in [2.05, 4.69) is 33.3 Å². The van der Waals surface area contributed by atoms with Gasteiger partial charge in [-0.05, 0) is 104 Å². The number of nitrogens with zero attached hydrogens (tertiary/aromatic N) is 2. The zero-order valence-corrected chi connectivity index (χ0v) is 35.0. The Morgan fingerprint density at radius 3 is 1.69 bits per heavy atom. The van der Waals surface area contributed by atoms with Crippen LogP contribution in [0.5, 0.6) is 0 Å². The highest BCUT2D eigenvalue weighted by Gasteiger charge is 2.24. The number of aromatic nitrogens is 2. The average molecular weight is 846 g/mol. The van der Waals surface area contributed by atoms with Crippen molar-refractivity contribution in [3.8, 4) is 0 Å². The van der Waals surface area contributed by atoms with Gasteiger partial charge in [0.1, 0.15) is 25.2 Å². The van der Waals surface area contributed by atoms with Gasteiger partial charge in [0, 0.05) is 53.0 Å². The average Bonchev–Trinajstić information content (AvgIpc) is 3.54. The van der Waals surface area contributed by atoms with Crippen LogP contribution in [0.1, 0.15) is 69.7 Å². The number of carbonyl (C=O) groups is 4. The maximum absolute atomic E-state index is 13.1. The van der Waals surface area contributed by atoms with Crippen molar-refractivity contribution in [1.82, 2.24) is 20.4 Å². The first-order valence-electron chi connectivity index (χ1n) is 19.0. The van der Waals surface area contributed by atoms with E-state index in [-0.39, 0.29) is 37.7 Å². The molecule has 0 saturated heterocycles. The smallest absolute Gasteiger partial charge is 0.411 e. The van der Waals surface area contributed by atoms with Crippen LogP contribution in [0.3, 0.4) is 0 Å². The van der Waals surface area contributed by atoms with Gasteiger partial charge in [0.25, 0.3) is 5.91 Å². The molecule has 4 aromatic carbocycles. The summed E-state index contributed by atoms with van der Waals surface area (Å²) in [5.41, 5.74) is 6.97. The first kappa shape index (κ1) is 46.0. The Morgan fingerprint density at radius 1 is 0.763 bits per heavy atom. The minimum atomic E-state index is -0.561. The zero-order valence-electron chi connectivity index (χ0n) is 33.5. The number of aliphatic hydroxyl groups is 1. The number of halogens is 2. The Kier molecular flexibility index (Phi) is 18.4. The Bertz CT molecular complexity index is 2110. The summed E-state index contributed by atoms with van der Waals surface area (Å²) in [6.45, 7) is 4.70. The third kappa shape index (κ3) is 15.2. The number of amides is 3. The fraction of sp³-hybridized carbons (Fsp3) is 0.295. The molecule has 312 valence electrons. The largest absolute Gasteiger partial charge is 0.444 e. The summed E-state index contributed by atoms with van der Waals surface area (Å²) < 4.78 is 12.0. The van der Waals surface area contributed by atoms with E-state index in [0.29, 0.717) is 40.1 Å². The molecule has 5 aromatic rings. The van der Waals surface area contributed by atoms with Crippen molar-refractivity contribution in [2.75, 3.05) is 24.3 Å². The predicted octanol–water partition coefficient (Wildman–Crippen LogP) is 8.35. The minimum absolute atomic E-state index is 0.0227. The number of anilines is 2. The number of hydrogen-bond acceptors (Lipinski definition) is 9. The summed E-state index contributed by atoms with van der Waals surface area (Å²) in [6, 6.07) is 28.4. The summed E-state index contributed by atoms with van der Waals surface area (Å²) in [4.78, 5) is 47.3. The van der Waals surface area contributed by atoms with Crippen LogP contribution in [0, 0.1) is 6.92 Å². The zero-order chi connectivity index (χ0) is 42.7. The lowest BCUT2D eigenvalue weighted by atomic mass is 9.92. The quantitative estimate of drug-likeness (QED) is 0.0577. The SMILES string of the molecule is CNC(CO)CCC(C)c1c(C)nn(C)c1C(=O)NCc1ccc(NC(=O)OCc2ccc(Cl)cc2)cc1.O=CCc1ccc(NC(=O)OCc2ccc(Cl)cc2)cc1. The topological polar surface area (TPSA) is 173 Å². The van der Waals surface area contributed by atoms with Gasteiger partial charge in [-0.25, -0.2) is 9.59 Å². The van der Waals surface area contributed by atoms with Gasteiger partial charge in [0.2, 0.25) is 0 Å². The summed E-state index contributed by atoms with van der Waals surface area (Å²) in [6.07, 6.45) is 1.71. The van der Waals surface area contributed by atoms with Crippen LogP contribution in [0.25, 0.3) is 0 Å². The molecule has 13 nitrogen and oxygen atoms in total. The Hall–Kier alpha value is -5.73. The Morgan fingerprint density at radius 2 is 1.24 bits per heavy atom. The van der Waals surface area contributed by atoms with Gasteiger partial charge in [0.15, 0.2) is 0 Å². The highest BCUT2D eigenvalue weighted by Crippen LogP contribution is 2.28. The Labute approximate surface area is 354 Å². The summed E-state index contributed by atoms with van der Waals surface area (Å²) >= 11 is 11.6. The molecule has 0 bridgehead atoms. The first-order valence-corrected chi connectivity index (χ1v) is 19.7. The van der Waals surface area contributed by atoms with Gasteiger partial charge in [-0.15, -0.1) is 0 Å². The van der Waals surface area contributed by atoms with Gasteiger partial charge < -0.3 is 30.0 Å². The molecular weight excluding hydrogens is 795 g/mol. The lowest BCUT2D eigenvalue weighted by Gasteiger charge is -2.18. The van der Waals surface area contributed by atoms with Crippen molar-refractivity contribution in [2.45, 2.75) is 64.8 Å². The molecule has 0 aliphatic rings. The number of nitrogens with one attached hydrogen (secondary N) is 4. The maximum atomic E-state index is 13.1. The van der Waals surface area contributed by atoms with Crippen LogP contribution in [0.4, 0.5) is 21.0 Å². The fourth-order valence-electron chi connectivity index (χ4n) is 6.02. The molecule has 0 radical (unpaired) electrons. The van der Waals surface area contributed by atoms with Crippen molar-refractivity contribution >= 4 is 59.0 Å². The van der Waals surface area contributed by atoms with Gasteiger partial charge in [-0.2, -0.15) is 5.10 Å². The van der Waals surface area contributed by atoms with E-state index in [4.69, 9.17) is 32.7 Å². The van der Waals surface area contributed by atoms with Gasteiger partial charge in [-0.1, -0.05) is 78.7 Å². The molecule has 0 spiro atoms. The third-order valence-corrected chi connectivity index (χ3v) is 9.80. The van der Waals surface area contributed by atoms with Crippen LogP contribution in [0.15, 0.2) is 97.1 Å². The van der Waals surface area contributed by atoms with E-state index in [0.717, 1.165) is 52.6 Å². The van der Waals surface area contributed by atoms with Crippen molar-refractivity contribution in [3.63, 3.8) is 0 Å². The van der Waals surface area contributed by atoms with Crippen molar-refractivity contribution < 1.29 is 33.8 Å². The van der Waals surface area contributed by atoms with Crippen LogP contribution >= 0.6 is 23.2 Å². The summed E-state index contributed by atoms with van der Waals surface area (Å²) in [7, 11) is 3.60. The van der Waals surface area contributed by atoms with E-state index < -0.39 is 12.2 Å². The molecule has 1 aromatic heterocycles. The van der Waals surface area contributed by atoms with Crippen molar-refractivity contribution in [2.24, 2.45) is 7.05 Å². The molecule has 5 N–H and O–H groups in total. The van der Waals surface area contributed by atoms with E-state index in [1.165, 1.54) is 0 Å². The molecule has 0 aliphatic carbocycles. The second-order valence-electron chi connectivity index (χ2n) is 13.7. The molecule has 0 fully saturated rings. The molecule has 5 rings (SSSR count). The molecule has 3 amide bonds. The number of likely N-dealkylation sites (N-methyl/N-ethyl adjacent to an activating group) is 1. The third-order valence-electron chi connectivity index (χ3n) is 9.29. The highest BCUT2D eigenvalue weighted by atomic mass is 35.5.